The topological polar surface area (TPSA) is 234 Å². The molecule has 0 aromatic rings. The van der Waals surface area contributed by atoms with E-state index in [1.807, 2.05) is 12.3 Å². The van der Waals surface area contributed by atoms with Gasteiger partial charge in [-0.05, 0) is 62.8 Å². The number of hydrogen-bond acceptors (Lipinski definition) is 12. The fourth-order valence-electron chi connectivity index (χ4n) is 9.25. The van der Waals surface area contributed by atoms with Crippen molar-refractivity contribution >= 4 is 18.1 Å². The molecule has 2 aliphatic carbocycles. The van der Waals surface area contributed by atoms with Crippen LogP contribution in [0.15, 0.2) is 16.6 Å². The van der Waals surface area contributed by atoms with E-state index in [4.69, 9.17) is 19.9 Å². The van der Waals surface area contributed by atoms with Crippen molar-refractivity contribution in [3.8, 4) is 0 Å². The number of primary amides is 1. The second-order valence-corrected chi connectivity index (χ2v) is 16.1. The molecule has 14 nitrogen and oxygen atoms in total. The quantitative estimate of drug-likeness (QED) is 0.0786. The normalized spacial score (nSPS) is 40.3. The Kier molecular flexibility index (Phi) is 14.6. The molecule has 0 aromatic heterocycles. The van der Waals surface area contributed by atoms with Crippen LogP contribution in [0.3, 0.4) is 0 Å². The number of nitrogens with zero attached hydrogens (tertiary/aromatic N) is 1. The van der Waals surface area contributed by atoms with E-state index in [1.165, 1.54) is 6.42 Å². The number of nitrogens with one attached hydrogen (secondary N) is 1. The predicted octanol–water partition coefficient (Wildman–Crippen LogP) is 1.59. The molecule has 5 aliphatic rings. The number of hydrogen-bond donors (Lipinski definition) is 8. The van der Waals surface area contributed by atoms with Gasteiger partial charge in [0, 0.05) is 31.2 Å². The number of rotatable bonds is 17. The zero-order valence-corrected chi connectivity index (χ0v) is 30.7. The van der Waals surface area contributed by atoms with Crippen LogP contribution in [0.5, 0.6) is 0 Å². The number of carbonyl (C=O) groups excluding carboxylic acids is 1. The summed E-state index contributed by atoms with van der Waals surface area (Å²) in [5, 5.41) is 68.8. The van der Waals surface area contributed by atoms with Gasteiger partial charge in [-0.15, -0.1) is 4.99 Å². The number of ether oxygens (including phenoxy) is 3. The first-order valence-electron chi connectivity index (χ1n) is 19.5. The lowest BCUT2D eigenvalue weighted by Crippen LogP contribution is -2.71. The number of allylic oxidation sites excluding steroid dienone is 1. The molecule has 3 aliphatic heterocycles. The number of aliphatic hydroxyl groups is 5. The lowest BCUT2D eigenvalue weighted by Gasteiger charge is -2.52. The van der Waals surface area contributed by atoms with Crippen molar-refractivity contribution in [2.75, 3.05) is 13.1 Å². The highest BCUT2D eigenvalue weighted by atomic mass is 16.7. The Hall–Kier alpha value is -2.14. The van der Waals surface area contributed by atoms with E-state index in [0.717, 1.165) is 37.7 Å². The molecule has 6 unspecified atom stereocenters. The van der Waals surface area contributed by atoms with Crippen molar-refractivity contribution in [2.24, 2.45) is 40.3 Å². The maximum Gasteiger partial charge on any atom is 0.335 e. The number of amides is 1. The van der Waals surface area contributed by atoms with Gasteiger partial charge in [0.2, 0.25) is 5.91 Å². The number of unbranched alkanes of at least 4 members (excludes halogenated alkanes) is 3. The highest BCUT2D eigenvalue weighted by Crippen LogP contribution is 2.46. The lowest BCUT2D eigenvalue weighted by molar-refractivity contribution is -0.346. The molecule has 5 rings (SSSR count). The number of carboxylic acid groups (broad SMARTS) is 1. The van der Waals surface area contributed by atoms with Gasteiger partial charge in [-0.3, -0.25) is 4.79 Å². The average molecular weight is 737 g/mol. The van der Waals surface area contributed by atoms with Crippen LogP contribution in [0.2, 0.25) is 0 Å². The second-order valence-electron chi connectivity index (χ2n) is 16.1. The SMILES string of the molecule is CCCCCC[C@H](C)[C@H](CNC[C@@]1(O)[C@H](OC2CCC3C(C2)OC(C(N)=O)C(C2CCC(O)CC2)C3O)O[C@H](C(=O)O)[C@@H](O)[C@@H]1O)CC1=C[CH+]N=C1. The van der Waals surface area contributed by atoms with Gasteiger partial charge in [0.1, 0.15) is 30.4 Å². The Bertz CT molecular complexity index is 1240. The summed E-state index contributed by atoms with van der Waals surface area (Å²) in [4.78, 5) is 28.9. The van der Waals surface area contributed by atoms with Crippen LogP contribution in [0.1, 0.15) is 97.3 Å². The monoisotopic (exact) mass is 736 g/mol. The molecule has 2 saturated heterocycles. The van der Waals surface area contributed by atoms with Gasteiger partial charge in [0.25, 0.3) is 0 Å². The van der Waals surface area contributed by atoms with Crippen molar-refractivity contribution in [1.82, 2.24) is 5.32 Å². The van der Waals surface area contributed by atoms with Gasteiger partial charge in [0.15, 0.2) is 24.2 Å². The maximum absolute atomic E-state index is 12.6. The molecule has 13 atom stereocenters. The summed E-state index contributed by atoms with van der Waals surface area (Å²) in [5.41, 5.74) is 4.68. The van der Waals surface area contributed by atoms with Crippen LogP contribution < -0.4 is 11.1 Å². The Morgan fingerprint density at radius 1 is 1.06 bits per heavy atom. The molecule has 52 heavy (non-hydrogen) atoms. The van der Waals surface area contributed by atoms with E-state index in [-0.39, 0.29) is 30.7 Å². The molecule has 0 radical (unpaired) electrons. The van der Waals surface area contributed by atoms with Crippen molar-refractivity contribution in [1.29, 1.82) is 0 Å². The standard InChI is InChI=1S/C38H61N3O11/c1-3-4-5-6-7-21(2)24(16-22-14-15-40-18-22)19-41-20-38(49)34(45)31(44)33(36(47)48)52-37(38)50-26-12-13-27-28(17-26)51-32(35(39)46)29(30(27)43)23-8-10-25(42)11-9-23/h14-15,18,21,23-34,37,41-45,49H,3-13,16-17,19-20H2,1-2H3,(H2-,39,46,47,48)/p+1/t21-,23?,24-,25?,26?,27?,28?,29?,30?,31+,32?,33-,34-,37+,38-/m0/s1. The van der Waals surface area contributed by atoms with E-state index in [0.29, 0.717) is 51.0 Å². The molecule has 2 saturated carbocycles. The van der Waals surface area contributed by atoms with Crippen LogP contribution in [0, 0.1) is 36.1 Å². The van der Waals surface area contributed by atoms with Crippen molar-refractivity contribution in [2.45, 2.75) is 158 Å². The van der Waals surface area contributed by atoms with E-state index in [9.17, 15) is 40.2 Å². The summed E-state index contributed by atoms with van der Waals surface area (Å²) in [7, 11) is 0. The van der Waals surface area contributed by atoms with Crippen LogP contribution in [0.25, 0.3) is 0 Å². The number of aliphatic hydroxyl groups excluding tert-OH is 4. The average Bonchev–Trinajstić information content (AvgIpc) is 3.63. The molecule has 0 spiro atoms. The van der Waals surface area contributed by atoms with Crippen LogP contribution in [0.4, 0.5) is 0 Å². The third kappa shape index (κ3) is 9.56. The molecular weight excluding hydrogens is 674 g/mol. The van der Waals surface area contributed by atoms with Crippen LogP contribution in [-0.4, -0.2) is 123 Å². The molecule has 294 valence electrons. The van der Waals surface area contributed by atoms with E-state index < -0.39 is 78.5 Å². The van der Waals surface area contributed by atoms with Crippen LogP contribution >= 0.6 is 0 Å². The molecular formula is C38H62N3O11+. The summed E-state index contributed by atoms with van der Waals surface area (Å²) in [6.45, 7) is 6.36. The molecule has 9 N–H and O–H groups in total. The zero-order chi connectivity index (χ0) is 37.6. The molecule has 14 heteroatoms. The smallest absolute Gasteiger partial charge is 0.335 e. The minimum atomic E-state index is -2.22. The summed E-state index contributed by atoms with van der Waals surface area (Å²) >= 11 is 0. The van der Waals surface area contributed by atoms with E-state index >= 15 is 0 Å². The Morgan fingerprint density at radius 3 is 2.46 bits per heavy atom. The lowest BCUT2D eigenvalue weighted by atomic mass is 9.66. The van der Waals surface area contributed by atoms with Crippen LogP contribution in [-0.2, 0) is 23.8 Å². The first-order chi connectivity index (χ1) is 24.8. The summed E-state index contributed by atoms with van der Waals surface area (Å²) in [6.07, 6.45) is 2.91. The Morgan fingerprint density at radius 2 is 1.81 bits per heavy atom. The minimum absolute atomic E-state index is 0.0187. The molecule has 4 fully saturated rings. The van der Waals surface area contributed by atoms with Gasteiger partial charge in [-0.2, -0.15) is 0 Å². The van der Waals surface area contributed by atoms with E-state index in [1.54, 1.807) is 6.54 Å². The second kappa shape index (κ2) is 18.5. The zero-order valence-electron chi connectivity index (χ0n) is 30.7. The largest absolute Gasteiger partial charge is 0.479 e. The minimum Gasteiger partial charge on any atom is -0.479 e. The Balaban J connectivity index is 1.27. The fraction of sp³-hybridized carbons (Fsp3) is 0.842. The highest BCUT2D eigenvalue weighted by Gasteiger charge is 2.59. The number of fused-ring (bicyclic) bond motifs is 1. The number of aliphatic imine (C=N–C) groups is 1. The fourth-order valence-corrected chi connectivity index (χ4v) is 9.25. The van der Waals surface area contributed by atoms with Crippen molar-refractivity contribution in [3.63, 3.8) is 0 Å². The number of aliphatic carboxylic acids is 1. The van der Waals surface area contributed by atoms with Gasteiger partial charge in [-0.25, -0.2) is 4.79 Å². The van der Waals surface area contributed by atoms with Gasteiger partial charge >= 0.3 is 5.97 Å². The summed E-state index contributed by atoms with van der Waals surface area (Å²) < 4.78 is 18.3. The summed E-state index contributed by atoms with van der Waals surface area (Å²) in [6, 6.07) is 0. The molecule has 3 heterocycles. The highest BCUT2D eigenvalue weighted by molar-refractivity contribution is 5.82. The van der Waals surface area contributed by atoms with Crippen molar-refractivity contribution < 1.29 is 54.4 Å². The molecule has 0 aromatic carbocycles. The Labute approximate surface area is 307 Å². The number of nitrogens with two attached hydrogens (primary N) is 1. The maximum atomic E-state index is 12.6. The van der Waals surface area contributed by atoms with Gasteiger partial charge < -0.3 is 55.9 Å². The van der Waals surface area contributed by atoms with Gasteiger partial charge in [-0.1, -0.05) is 46.0 Å². The molecule has 1 amide bonds. The molecule has 0 bridgehead atoms. The third-order valence-corrected chi connectivity index (χ3v) is 12.5. The summed E-state index contributed by atoms with van der Waals surface area (Å²) in [5.74, 6) is -2.50. The number of carboxylic acids is 1. The van der Waals surface area contributed by atoms with E-state index in [2.05, 4.69) is 24.2 Å². The first kappa shape index (κ1) is 41.0. The third-order valence-electron chi connectivity index (χ3n) is 12.5. The first-order valence-corrected chi connectivity index (χ1v) is 19.5. The number of carbonyl (C=O) groups is 2. The van der Waals surface area contributed by atoms with Gasteiger partial charge in [0.05, 0.1) is 30.5 Å². The van der Waals surface area contributed by atoms with Crippen molar-refractivity contribution in [3.05, 3.63) is 18.2 Å². The predicted molar refractivity (Wildman–Crippen MR) is 191 cm³/mol.